The number of ether oxygens (including phenoxy) is 1. The van der Waals surface area contributed by atoms with E-state index in [1.54, 1.807) is 0 Å². The highest BCUT2D eigenvalue weighted by atomic mass is 16.5. The molecule has 0 aromatic heterocycles. The molecule has 1 aromatic rings. The van der Waals surface area contributed by atoms with Gasteiger partial charge in [-0.1, -0.05) is 44.2 Å². The molecule has 0 aliphatic heterocycles. The summed E-state index contributed by atoms with van der Waals surface area (Å²) in [6, 6.07) is 10.1. The summed E-state index contributed by atoms with van der Waals surface area (Å²) in [6.07, 6.45) is 0.869. The average Bonchev–Trinajstić information content (AvgIpc) is 3.04. The van der Waals surface area contributed by atoms with Crippen LogP contribution in [-0.4, -0.2) is 30.9 Å². The van der Waals surface area contributed by atoms with Crippen LogP contribution in [0.2, 0.25) is 0 Å². The lowest BCUT2D eigenvalue weighted by Crippen LogP contribution is -2.32. The summed E-state index contributed by atoms with van der Waals surface area (Å²) in [7, 11) is 0. The first-order valence-corrected chi connectivity index (χ1v) is 7.54. The lowest BCUT2D eigenvalue weighted by atomic mass is 10.1. The lowest BCUT2D eigenvalue weighted by molar-refractivity contribution is -0.00209. The van der Waals surface area contributed by atoms with E-state index in [1.165, 1.54) is 6.42 Å². The van der Waals surface area contributed by atoms with Crippen LogP contribution in [0.25, 0.3) is 0 Å². The quantitative estimate of drug-likeness (QED) is 0.768. The Morgan fingerprint density at radius 3 is 2.60 bits per heavy atom. The molecule has 3 heteroatoms. The minimum Gasteiger partial charge on any atom is -0.389 e. The second-order valence-corrected chi connectivity index (χ2v) is 6.59. The van der Waals surface area contributed by atoms with E-state index in [9.17, 15) is 5.11 Å². The van der Waals surface area contributed by atoms with E-state index in [0.29, 0.717) is 18.6 Å². The highest BCUT2D eigenvalue weighted by Gasteiger charge is 2.44. The molecule has 1 aliphatic rings. The third kappa shape index (κ3) is 4.58. The molecule has 0 radical (unpaired) electrons. The fourth-order valence-electron chi connectivity index (χ4n) is 2.48. The Morgan fingerprint density at radius 2 is 2.00 bits per heavy atom. The normalized spacial score (nSPS) is 23.3. The molecule has 0 saturated heterocycles. The first kappa shape index (κ1) is 15.5. The fraction of sp³-hybridized carbons (Fsp3) is 0.647. The van der Waals surface area contributed by atoms with E-state index in [-0.39, 0.29) is 6.10 Å². The van der Waals surface area contributed by atoms with E-state index >= 15 is 0 Å². The lowest BCUT2D eigenvalue weighted by Gasteiger charge is -2.17. The summed E-state index contributed by atoms with van der Waals surface area (Å²) in [6.45, 7) is 8.58. The molecule has 0 bridgehead atoms. The minimum absolute atomic E-state index is 0.0215. The molecule has 0 spiro atoms. The zero-order valence-corrected chi connectivity index (χ0v) is 12.8. The maximum absolute atomic E-state index is 9.92. The number of hydrogen-bond donors (Lipinski definition) is 2. The molecule has 112 valence electrons. The van der Waals surface area contributed by atoms with Crippen LogP contribution < -0.4 is 5.32 Å². The van der Waals surface area contributed by atoms with Crippen LogP contribution in [0.4, 0.5) is 0 Å². The van der Waals surface area contributed by atoms with Crippen molar-refractivity contribution in [1.82, 2.24) is 5.32 Å². The molecule has 1 fully saturated rings. The monoisotopic (exact) mass is 277 g/mol. The first-order valence-electron chi connectivity index (χ1n) is 7.54. The van der Waals surface area contributed by atoms with Gasteiger partial charge < -0.3 is 15.2 Å². The Hall–Kier alpha value is -0.900. The number of rotatable bonds is 8. The molecular weight excluding hydrogens is 250 g/mol. The van der Waals surface area contributed by atoms with Crippen LogP contribution in [0.5, 0.6) is 0 Å². The first-order chi connectivity index (χ1) is 9.49. The predicted octanol–water partition coefficient (Wildman–Crippen LogP) is 2.76. The predicted molar refractivity (Wildman–Crippen MR) is 81.6 cm³/mol. The molecule has 1 saturated carbocycles. The van der Waals surface area contributed by atoms with Crippen molar-refractivity contribution in [2.24, 2.45) is 11.3 Å². The molecule has 2 rings (SSSR count). The Labute approximate surface area is 122 Å². The second-order valence-electron chi connectivity index (χ2n) is 6.59. The number of nitrogens with one attached hydrogen (secondary N) is 1. The Balaban J connectivity index is 1.59. The van der Waals surface area contributed by atoms with Crippen molar-refractivity contribution in [2.75, 3.05) is 19.7 Å². The zero-order valence-electron chi connectivity index (χ0n) is 12.8. The molecule has 0 amide bonds. The summed E-state index contributed by atoms with van der Waals surface area (Å²) in [5.74, 6) is 0.763. The highest BCUT2D eigenvalue weighted by molar-refractivity contribution is 5.16. The zero-order chi connectivity index (χ0) is 14.6. The van der Waals surface area contributed by atoms with Crippen molar-refractivity contribution in [1.29, 1.82) is 0 Å². The van der Waals surface area contributed by atoms with Gasteiger partial charge in [0.25, 0.3) is 0 Å². The minimum atomic E-state index is -0.442. The van der Waals surface area contributed by atoms with Gasteiger partial charge in [-0.15, -0.1) is 0 Å². The second kappa shape index (κ2) is 6.70. The maximum Gasteiger partial charge on any atom is 0.0897 e. The number of aliphatic hydroxyl groups excluding tert-OH is 1. The van der Waals surface area contributed by atoms with Gasteiger partial charge in [-0.3, -0.25) is 0 Å². The summed E-state index contributed by atoms with van der Waals surface area (Å²) >= 11 is 0. The molecule has 3 unspecified atom stereocenters. The molecule has 1 aliphatic carbocycles. The van der Waals surface area contributed by atoms with Crippen LogP contribution >= 0.6 is 0 Å². The maximum atomic E-state index is 9.92. The van der Waals surface area contributed by atoms with Gasteiger partial charge in [-0.05, 0) is 36.8 Å². The van der Waals surface area contributed by atoms with Gasteiger partial charge >= 0.3 is 0 Å². The largest absolute Gasteiger partial charge is 0.389 e. The summed E-state index contributed by atoms with van der Waals surface area (Å²) in [5.41, 5.74) is 1.64. The van der Waals surface area contributed by atoms with Gasteiger partial charge in [0.05, 0.1) is 18.8 Å². The van der Waals surface area contributed by atoms with Crippen LogP contribution in [0.15, 0.2) is 30.3 Å². The van der Waals surface area contributed by atoms with Crippen LogP contribution in [0.3, 0.4) is 0 Å². The van der Waals surface area contributed by atoms with Gasteiger partial charge in [0.1, 0.15) is 0 Å². The molecule has 0 heterocycles. The SMILES string of the molecule is CC(OCC(O)CNCC1CC1(C)C)c1ccccc1. The van der Waals surface area contributed by atoms with Gasteiger partial charge in [0.2, 0.25) is 0 Å². The van der Waals surface area contributed by atoms with Crippen molar-refractivity contribution in [2.45, 2.75) is 39.4 Å². The Bertz CT molecular complexity index is 405. The van der Waals surface area contributed by atoms with Gasteiger partial charge in [0, 0.05) is 6.54 Å². The molecule has 20 heavy (non-hydrogen) atoms. The topological polar surface area (TPSA) is 41.5 Å². The molecule has 3 atom stereocenters. The molecule has 2 N–H and O–H groups in total. The van der Waals surface area contributed by atoms with Crippen molar-refractivity contribution >= 4 is 0 Å². The third-order valence-electron chi connectivity index (χ3n) is 4.30. The number of hydrogen-bond acceptors (Lipinski definition) is 3. The molecule has 3 nitrogen and oxygen atoms in total. The van der Waals surface area contributed by atoms with E-state index in [0.717, 1.165) is 18.0 Å². The Kier molecular flexibility index (Phi) is 5.19. The third-order valence-corrected chi connectivity index (χ3v) is 4.30. The summed E-state index contributed by atoms with van der Waals surface area (Å²) < 4.78 is 5.71. The fourth-order valence-corrected chi connectivity index (χ4v) is 2.48. The van der Waals surface area contributed by atoms with Crippen molar-refractivity contribution in [3.63, 3.8) is 0 Å². The standard InChI is InChI=1S/C17H27NO2/c1-13(14-7-5-4-6-8-14)20-12-16(19)11-18-10-15-9-17(15,2)3/h4-8,13,15-16,18-19H,9-12H2,1-3H3. The van der Waals surface area contributed by atoms with Gasteiger partial charge in [-0.2, -0.15) is 0 Å². The molecule has 1 aromatic carbocycles. The van der Waals surface area contributed by atoms with Crippen molar-refractivity contribution < 1.29 is 9.84 Å². The Morgan fingerprint density at radius 1 is 1.35 bits per heavy atom. The van der Waals surface area contributed by atoms with Crippen LogP contribution in [-0.2, 0) is 4.74 Å². The van der Waals surface area contributed by atoms with Crippen LogP contribution in [0.1, 0.15) is 38.9 Å². The smallest absolute Gasteiger partial charge is 0.0897 e. The van der Waals surface area contributed by atoms with Gasteiger partial charge in [-0.25, -0.2) is 0 Å². The summed E-state index contributed by atoms with van der Waals surface area (Å²) in [4.78, 5) is 0. The van der Waals surface area contributed by atoms with Crippen LogP contribution in [0, 0.1) is 11.3 Å². The van der Waals surface area contributed by atoms with E-state index in [2.05, 4.69) is 19.2 Å². The molecular formula is C17H27NO2. The van der Waals surface area contributed by atoms with Crippen molar-refractivity contribution in [3.05, 3.63) is 35.9 Å². The van der Waals surface area contributed by atoms with E-state index < -0.39 is 6.10 Å². The van der Waals surface area contributed by atoms with E-state index in [4.69, 9.17) is 4.74 Å². The average molecular weight is 277 g/mol. The highest BCUT2D eigenvalue weighted by Crippen LogP contribution is 2.50. The number of benzene rings is 1. The van der Waals surface area contributed by atoms with Gasteiger partial charge in [0.15, 0.2) is 0 Å². The number of aliphatic hydroxyl groups is 1. The van der Waals surface area contributed by atoms with E-state index in [1.807, 2.05) is 37.3 Å². The summed E-state index contributed by atoms with van der Waals surface area (Å²) in [5, 5.41) is 13.3. The van der Waals surface area contributed by atoms with Crippen molar-refractivity contribution in [3.8, 4) is 0 Å².